The number of para-hydroxylation sites is 1. The van der Waals surface area contributed by atoms with E-state index in [9.17, 15) is 4.39 Å². The maximum atomic E-state index is 13.4. The molecular weight excluding hydrogens is 383 g/mol. The molecule has 2 atom stereocenters. The van der Waals surface area contributed by atoms with Crippen LogP contribution in [-0.4, -0.2) is 24.9 Å². The van der Waals surface area contributed by atoms with Crippen LogP contribution in [0.1, 0.15) is 35.4 Å². The lowest BCUT2D eigenvalue weighted by Crippen LogP contribution is -2.33. The van der Waals surface area contributed by atoms with Crippen LogP contribution in [0.5, 0.6) is 17.2 Å². The SMILES string of the molecule is COc1ccc(OC)c(C2Oc3ccccc3C3CC(c4ccc(F)cc4)=NN32)c1. The molecule has 0 amide bonds. The first-order valence-electron chi connectivity index (χ1n) is 9.77. The Labute approximate surface area is 174 Å². The number of hydrogen-bond donors (Lipinski definition) is 0. The average molecular weight is 404 g/mol. The van der Waals surface area contributed by atoms with E-state index in [0.29, 0.717) is 17.9 Å². The monoisotopic (exact) mass is 404 g/mol. The summed E-state index contributed by atoms with van der Waals surface area (Å²) >= 11 is 0. The van der Waals surface area contributed by atoms with Crippen LogP contribution in [0.3, 0.4) is 0 Å². The summed E-state index contributed by atoms with van der Waals surface area (Å²) in [5.74, 6) is 1.98. The van der Waals surface area contributed by atoms with Crippen molar-refractivity contribution >= 4 is 5.71 Å². The van der Waals surface area contributed by atoms with Crippen molar-refractivity contribution in [3.05, 3.63) is 89.2 Å². The Balaban J connectivity index is 1.62. The summed E-state index contributed by atoms with van der Waals surface area (Å²) in [6.07, 6.45) is 0.224. The molecule has 0 fully saturated rings. The molecule has 0 saturated heterocycles. The lowest BCUT2D eigenvalue weighted by molar-refractivity contribution is -0.0204. The van der Waals surface area contributed by atoms with Gasteiger partial charge in [-0.1, -0.05) is 30.3 Å². The van der Waals surface area contributed by atoms with Gasteiger partial charge in [-0.15, -0.1) is 0 Å². The Bertz CT molecular complexity index is 1110. The summed E-state index contributed by atoms with van der Waals surface area (Å²) in [7, 11) is 3.27. The second kappa shape index (κ2) is 7.37. The Morgan fingerprint density at radius 2 is 1.77 bits per heavy atom. The summed E-state index contributed by atoms with van der Waals surface area (Å²) in [5, 5.41) is 6.87. The lowest BCUT2D eigenvalue weighted by atomic mass is 9.96. The van der Waals surface area contributed by atoms with E-state index >= 15 is 0 Å². The van der Waals surface area contributed by atoms with Crippen LogP contribution in [0.2, 0.25) is 0 Å². The van der Waals surface area contributed by atoms with Crippen molar-refractivity contribution in [2.75, 3.05) is 14.2 Å². The fraction of sp³-hybridized carbons (Fsp3) is 0.208. The first kappa shape index (κ1) is 18.5. The predicted octanol–water partition coefficient (Wildman–Crippen LogP) is 5.09. The van der Waals surface area contributed by atoms with Gasteiger partial charge >= 0.3 is 0 Å². The van der Waals surface area contributed by atoms with E-state index in [1.165, 1.54) is 12.1 Å². The van der Waals surface area contributed by atoms with Crippen LogP contribution < -0.4 is 14.2 Å². The molecule has 2 aliphatic rings. The van der Waals surface area contributed by atoms with Gasteiger partial charge in [0.25, 0.3) is 0 Å². The van der Waals surface area contributed by atoms with E-state index < -0.39 is 6.23 Å². The van der Waals surface area contributed by atoms with E-state index in [1.54, 1.807) is 26.4 Å². The molecule has 152 valence electrons. The quantitative estimate of drug-likeness (QED) is 0.608. The maximum absolute atomic E-state index is 13.4. The number of hydrazone groups is 1. The van der Waals surface area contributed by atoms with Gasteiger partial charge in [-0.2, -0.15) is 5.10 Å². The first-order chi connectivity index (χ1) is 14.7. The van der Waals surface area contributed by atoms with Crippen molar-refractivity contribution in [3.8, 4) is 17.2 Å². The third kappa shape index (κ3) is 3.05. The summed E-state index contributed by atoms with van der Waals surface area (Å²) < 4.78 is 30.8. The van der Waals surface area contributed by atoms with E-state index in [1.807, 2.05) is 41.4 Å². The number of methoxy groups -OCH3 is 2. The van der Waals surface area contributed by atoms with Crippen molar-refractivity contribution in [1.82, 2.24) is 5.01 Å². The average Bonchev–Trinajstić information content (AvgIpc) is 3.24. The largest absolute Gasteiger partial charge is 0.497 e. The van der Waals surface area contributed by atoms with E-state index in [0.717, 1.165) is 28.2 Å². The van der Waals surface area contributed by atoms with Crippen molar-refractivity contribution in [3.63, 3.8) is 0 Å². The Kier molecular flexibility index (Phi) is 4.54. The number of hydrogen-bond acceptors (Lipinski definition) is 5. The number of rotatable bonds is 4. The van der Waals surface area contributed by atoms with E-state index in [2.05, 4.69) is 6.07 Å². The minimum atomic E-state index is -0.479. The van der Waals surface area contributed by atoms with Gasteiger partial charge in [0.05, 0.1) is 31.5 Å². The number of benzene rings is 3. The zero-order valence-electron chi connectivity index (χ0n) is 16.7. The smallest absolute Gasteiger partial charge is 0.217 e. The summed E-state index contributed by atoms with van der Waals surface area (Å²) in [4.78, 5) is 0. The molecule has 0 aromatic heterocycles. The van der Waals surface area contributed by atoms with Crippen LogP contribution in [0, 0.1) is 5.82 Å². The minimum Gasteiger partial charge on any atom is -0.497 e. The Hall–Kier alpha value is -3.54. The summed E-state index contributed by atoms with van der Waals surface area (Å²) in [5.41, 5.74) is 3.71. The second-order valence-corrected chi connectivity index (χ2v) is 7.27. The van der Waals surface area contributed by atoms with Crippen LogP contribution in [0.15, 0.2) is 71.8 Å². The van der Waals surface area contributed by atoms with Gasteiger partial charge in [0, 0.05) is 12.0 Å². The summed E-state index contributed by atoms with van der Waals surface area (Å²) in [6.45, 7) is 0. The van der Waals surface area contributed by atoms with Crippen molar-refractivity contribution < 1.29 is 18.6 Å². The van der Waals surface area contributed by atoms with Gasteiger partial charge < -0.3 is 14.2 Å². The molecule has 0 radical (unpaired) electrons. The topological polar surface area (TPSA) is 43.3 Å². The van der Waals surface area contributed by atoms with Gasteiger partial charge in [0.1, 0.15) is 23.1 Å². The third-order valence-electron chi connectivity index (χ3n) is 5.58. The van der Waals surface area contributed by atoms with Gasteiger partial charge in [-0.05, 0) is 42.0 Å². The van der Waals surface area contributed by atoms with Gasteiger partial charge in [-0.3, -0.25) is 0 Å². The second-order valence-electron chi connectivity index (χ2n) is 7.27. The highest BCUT2D eigenvalue weighted by molar-refractivity contribution is 6.01. The zero-order chi connectivity index (χ0) is 20.7. The van der Waals surface area contributed by atoms with Gasteiger partial charge in [0.2, 0.25) is 6.23 Å². The molecule has 30 heavy (non-hydrogen) atoms. The predicted molar refractivity (Wildman–Crippen MR) is 111 cm³/mol. The van der Waals surface area contributed by atoms with Crippen LogP contribution in [0.4, 0.5) is 4.39 Å². The van der Waals surface area contributed by atoms with E-state index in [4.69, 9.17) is 19.3 Å². The molecule has 3 aromatic rings. The highest BCUT2D eigenvalue weighted by atomic mass is 19.1. The number of nitrogens with zero attached hydrogens (tertiary/aromatic N) is 2. The third-order valence-corrected chi connectivity index (χ3v) is 5.58. The lowest BCUT2D eigenvalue weighted by Gasteiger charge is -2.38. The normalized spacial score (nSPS) is 19.4. The Morgan fingerprint density at radius 1 is 0.967 bits per heavy atom. The standard InChI is InChI=1S/C24H21FN2O3/c1-28-17-11-12-22(29-2)19(13-17)24-27-21(18-5-3-4-6-23(18)30-24)14-20(26-27)15-7-9-16(25)10-8-15/h3-13,21,24H,14H2,1-2H3. The van der Waals surface area contributed by atoms with Gasteiger partial charge in [-0.25, -0.2) is 9.40 Å². The molecule has 5 nitrogen and oxygen atoms in total. The summed E-state index contributed by atoms with van der Waals surface area (Å²) in [6, 6.07) is 20.1. The van der Waals surface area contributed by atoms with Crippen LogP contribution >= 0.6 is 0 Å². The molecule has 0 aliphatic carbocycles. The van der Waals surface area contributed by atoms with Crippen molar-refractivity contribution in [1.29, 1.82) is 0 Å². The molecule has 2 unspecified atom stereocenters. The molecular formula is C24H21FN2O3. The molecule has 6 heteroatoms. The molecule has 5 rings (SSSR count). The first-order valence-corrected chi connectivity index (χ1v) is 9.77. The van der Waals surface area contributed by atoms with Crippen molar-refractivity contribution in [2.24, 2.45) is 5.10 Å². The molecule has 3 aromatic carbocycles. The Morgan fingerprint density at radius 3 is 2.53 bits per heavy atom. The highest BCUT2D eigenvalue weighted by Gasteiger charge is 2.42. The zero-order valence-corrected chi connectivity index (χ0v) is 16.7. The van der Waals surface area contributed by atoms with Crippen LogP contribution in [0.25, 0.3) is 0 Å². The van der Waals surface area contributed by atoms with Crippen LogP contribution in [-0.2, 0) is 0 Å². The fourth-order valence-electron chi connectivity index (χ4n) is 4.09. The molecule has 0 saturated carbocycles. The minimum absolute atomic E-state index is 0.0101. The van der Waals surface area contributed by atoms with Gasteiger partial charge in [0.15, 0.2) is 0 Å². The fourth-order valence-corrected chi connectivity index (χ4v) is 4.09. The van der Waals surface area contributed by atoms with Crippen molar-refractivity contribution in [2.45, 2.75) is 18.7 Å². The van der Waals surface area contributed by atoms with E-state index in [-0.39, 0.29) is 11.9 Å². The number of halogens is 1. The molecule has 2 heterocycles. The molecule has 0 spiro atoms. The molecule has 0 N–H and O–H groups in total. The maximum Gasteiger partial charge on any atom is 0.217 e. The highest BCUT2D eigenvalue weighted by Crippen LogP contribution is 2.49. The number of ether oxygens (including phenoxy) is 3. The number of fused-ring (bicyclic) bond motifs is 3. The molecule has 2 aliphatic heterocycles. The molecule has 0 bridgehead atoms.